The zero-order valence-electron chi connectivity index (χ0n) is 16.6. The van der Waals surface area contributed by atoms with Crippen LogP contribution in [0.15, 0.2) is 42.5 Å². The fourth-order valence-corrected chi connectivity index (χ4v) is 3.62. The summed E-state index contributed by atoms with van der Waals surface area (Å²) in [5.74, 6) is 2.77. The molecule has 0 radical (unpaired) electrons. The molecule has 1 aliphatic heterocycles. The van der Waals surface area contributed by atoms with E-state index in [9.17, 15) is 4.79 Å². The van der Waals surface area contributed by atoms with Gasteiger partial charge in [0.1, 0.15) is 5.82 Å². The summed E-state index contributed by atoms with van der Waals surface area (Å²) in [6.07, 6.45) is 4.46. The van der Waals surface area contributed by atoms with Crippen molar-refractivity contribution in [2.45, 2.75) is 32.2 Å². The van der Waals surface area contributed by atoms with Gasteiger partial charge in [0.05, 0.1) is 14.2 Å². The number of amides is 1. The van der Waals surface area contributed by atoms with Gasteiger partial charge in [0.2, 0.25) is 0 Å². The van der Waals surface area contributed by atoms with Crippen LogP contribution in [0.2, 0.25) is 0 Å². The van der Waals surface area contributed by atoms with Gasteiger partial charge in [-0.25, -0.2) is 0 Å². The van der Waals surface area contributed by atoms with Gasteiger partial charge < -0.3 is 19.4 Å². The Hall–Kier alpha value is -3.35. The molecular formula is C22H24N4O3. The molecule has 0 spiro atoms. The van der Waals surface area contributed by atoms with Gasteiger partial charge in [0, 0.05) is 29.8 Å². The zero-order chi connectivity index (χ0) is 20.2. The first-order valence-electron chi connectivity index (χ1n) is 9.75. The Kier molecular flexibility index (Phi) is 5.46. The van der Waals surface area contributed by atoms with Crippen molar-refractivity contribution in [3.63, 3.8) is 0 Å². The summed E-state index contributed by atoms with van der Waals surface area (Å²) < 4.78 is 12.7. The van der Waals surface area contributed by atoms with Crippen molar-refractivity contribution >= 4 is 11.6 Å². The van der Waals surface area contributed by atoms with Crippen molar-refractivity contribution in [2.75, 3.05) is 19.5 Å². The van der Waals surface area contributed by atoms with Crippen LogP contribution in [0.5, 0.6) is 11.5 Å². The highest BCUT2D eigenvalue weighted by atomic mass is 16.5. The first kappa shape index (κ1) is 19.0. The van der Waals surface area contributed by atoms with Crippen LogP contribution in [0.4, 0.5) is 5.69 Å². The van der Waals surface area contributed by atoms with Gasteiger partial charge in [-0.15, -0.1) is 10.2 Å². The molecule has 7 heteroatoms. The number of aryl methyl sites for hydroxylation is 1. The number of benzene rings is 2. The molecule has 0 bridgehead atoms. The number of anilines is 1. The molecular weight excluding hydrogens is 368 g/mol. The summed E-state index contributed by atoms with van der Waals surface area (Å²) in [6, 6.07) is 12.8. The van der Waals surface area contributed by atoms with Gasteiger partial charge in [-0.3, -0.25) is 4.79 Å². The van der Waals surface area contributed by atoms with Crippen LogP contribution in [-0.2, 0) is 13.0 Å². The van der Waals surface area contributed by atoms with Gasteiger partial charge in [-0.05, 0) is 43.2 Å². The van der Waals surface area contributed by atoms with Gasteiger partial charge in [-0.2, -0.15) is 0 Å². The maximum absolute atomic E-state index is 12.7. The molecule has 1 N–H and O–H groups in total. The highest BCUT2D eigenvalue weighted by molar-refractivity contribution is 6.04. The predicted octanol–water partition coefficient (Wildman–Crippen LogP) is 3.94. The van der Waals surface area contributed by atoms with Crippen LogP contribution in [-0.4, -0.2) is 34.9 Å². The number of ether oxygens (including phenoxy) is 2. The highest BCUT2D eigenvalue weighted by Gasteiger charge is 2.17. The molecule has 0 aliphatic carbocycles. The number of nitrogens with one attached hydrogen (secondary N) is 1. The van der Waals surface area contributed by atoms with E-state index in [1.807, 2.05) is 24.3 Å². The van der Waals surface area contributed by atoms with Crippen molar-refractivity contribution < 1.29 is 14.3 Å². The molecule has 0 saturated carbocycles. The fraction of sp³-hybridized carbons (Fsp3) is 0.318. The number of rotatable bonds is 5. The fourth-order valence-electron chi connectivity index (χ4n) is 3.62. The van der Waals surface area contributed by atoms with Gasteiger partial charge in [0.25, 0.3) is 5.91 Å². The summed E-state index contributed by atoms with van der Waals surface area (Å²) >= 11 is 0. The van der Waals surface area contributed by atoms with Crippen molar-refractivity contribution in [3.8, 4) is 22.9 Å². The van der Waals surface area contributed by atoms with Crippen LogP contribution in [0.3, 0.4) is 0 Å². The van der Waals surface area contributed by atoms with E-state index in [4.69, 9.17) is 9.47 Å². The maximum Gasteiger partial charge on any atom is 0.255 e. The summed E-state index contributed by atoms with van der Waals surface area (Å²) in [6.45, 7) is 0.930. The lowest BCUT2D eigenvalue weighted by atomic mass is 10.1. The minimum absolute atomic E-state index is 0.219. The molecule has 0 fully saturated rings. The van der Waals surface area contributed by atoms with E-state index in [0.29, 0.717) is 22.7 Å². The first-order chi connectivity index (χ1) is 14.2. The third kappa shape index (κ3) is 3.94. The van der Waals surface area contributed by atoms with E-state index in [2.05, 4.69) is 20.1 Å². The second kappa shape index (κ2) is 8.34. The highest BCUT2D eigenvalue weighted by Crippen LogP contribution is 2.28. The SMILES string of the molecule is COc1ccc(C(=O)Nc2cccc(-c3nnc4n3CCCCC4)c2)cc1OC. The Morgan fingerprint density at radius 3 is 2.69 bits per heavy atom. The monoisotopic (exact) mass is 392 g/mol. The average molecular weight is 392 g/mol. The largest absolute Gasteiger partial charge is 0.493 e. The molecule has 0 unspecified atom stereocenters. The molecule has 2 heterocycles. The first-order valence-corrected chi connectivity index (χ1v) is 9.75. The van der Waals surface area contributed by atoms with Crippen molar-refractivity contribution in [1.82, 2.24) is 14.8 Å². The zero-order valence-corrected chi connectivity index (χ0v) is 16.6. The van der Waals surface area contributed by atoms with E-state index in [-0.39, 0.29) is 5.91 Å². The molecule has 150 valence electrons. The molecule has 29 heavy (non-hydrogen) atoms. The van der Waals surface area contributed by atoms with Crippen molar-refractivity contribution in [1.29, 1.82) is 0 Å². The van der Waals surface area contributed by atoms with E-state index in [1.54, 1.807) is 32.4 Å². The second-order valence-electron chi connectivity index (χ2n) is 7.01. The Bertz CT molecular complexity index is 1030. The molecule has 4 rings (SSSR count). The molecule has 1 aliphatic rings. The summed E-state index contributed by atoms with van der Waals surface area (Å²) in [7, 11) is 3.11. The number of carbonyl (C=O) groups excluding carboxylic acids is 1. The van der Waals surface area contributed by atoms with Crippen LogP contribution in [0, 0.1) is 0 Å². The second-order valence-corrected chi connectivity index (χ2v) is 7.01. The Balaban J connectivity index is 1.57. The molecule has 7 nitrogen and oxygen atoms in total. The number of hydrogen-bond donors (Lipinski definition) is 1. The number of fused-ring (bicyclic) bond motifs is 1. The van der Waals surface area contributed by atoms with Crippen molar-refractivity contribution in [3.05, 3.63) is 53.9 Å². The van der Waals surface area contributed by atoms with Crippen LogP contribution >= 0.6 is 0 Å². The lowest BCUT2D eigenvalue weighted by molar-refractivity contribution is 0.102. The Labute approximate surface area is 169 Å². The maximum atomic E-state index is 12.7. The number of nitrogens with zero attached hydrogens (tertiary/aromatic N) is 3. The standard InChI is InChI=1S/C22H24N4O3/c1-28-18-11-10-16(14-19(18)29-2)22(27)23-17-8-6-7-15(13-17)21-25-24-20-9-4-3-5-12-26(20)21/h6-8,10-11,13-14H,3-5,9,12H2,1-2H3,(H,23,27). The Morgan fingerprint density at radius 2 is 1.86 bits per heavy atom. The third-order valence-electron chi connectivity index (χ3n) is 5.13. The minimum Gasteiger partial charge on any atom is -0.493 e. The lowest BCUT2D eigenvalue weighted by Crippen LogP contribution is -2.12. The van der Waals surface area contributed by atoms with Crippen LogP contribution in [0.1, 0.15) is 35.4 Å². The number of carbonyl (C=O) groups is 1. The van der Waals surface area contributed by atoms with E-state index < -0.39 is 0 Å². The topological polar surface area (TPSA) is 78.3 Å². The average Bonchev–Trinajstić information content (AvgIpc) is 3.01. The molecule has 2 aromatic carbocycles. The third-order valence-corrected chi connectivity index (χ3v) is 5.13. The number of hydrogen-bond acceptors (Lipinski definition) is 5. The van der Waals surface area contributed by atoms with Gasteiger partial charge in [0.15, 0.2) is 17.3 Å². The quantitative estimate of drug-likeness (QED) is 0.712. The predicted molar refractivity (Wildman–Crippen MR) is 111 cm³/mol. The van der Waals surface area contributed by atoms with Crippen LogP contribution < -0.4 is 14.8 Å². The van der Waals surface area contributed by atoms with Crippen LogP contribution in [0.25, 0.3) is 11.4 Å². The molecule has 0 atom stereocenters. The Morgan fingerprint density at radius 1 is 1.00 bits per heavy atom. The molecule has 1 aromatic heterocycles. The number of methoxy groups -OCH3 is 2. The molecule has 3 aromatic rings. The summed E-state index contributed by atoms with van der Waals surface area (Å²) in [5.41, 5.74) is 2.13. The van der Waals surface area contributed by atoms with E-state index >= 15 is 0 Å². The van der Waals surface area contributed by atoms with Gasteiger partial charge >= 0.3 is 0 Å². The number of aromatic nitrogens is 3. The summed E-state index contributed by atoms with van der Waals surface area (Å²) in [5, 5.41) is 11.7. The van der Waals surface area contributed by atoms with Crippen molar-refractivity contribution in [2.24, 2.45) is 0 Å². The van der Waals surface area contributed by atoms with E-state index in [1.165, 1.54) is 6.42 Å². The van der Waals surface area contributed by atoms with Gasteiger partial charge in [-0.1, -0.05) is 18.6 Å². The normalized spacial score (nSPS) is 13.3. The van der Waals surface area contributed by atoms with E-state index in [0.717, 1.165) is 43.0 Å². The summed E-state index contributed by atoms with van der Waals surface area (Å²) in [4.78, 5) is 12.7. The molecule has 0 saturated heterocycles. The minimum atomic E-state index is -0.219. The molecule has 1 amide bonds. The smallest absolute Gasteiger partial charge is 0.255 e. The lowest BCUT2D eigenvalue weighted by Gasteiger charge is -2.11.